The van der Waals surface area contributed by atoms with Crippen LogP contribution < -0.4 is 5.32 Å². The van der Waals surface area contributed by atoms with Crippen molar-refractivity contribution in [3.05, 3.63) is 0 Å². The van der Waals surface area contributed by atoms with Crippen LogP contribution in [0.5, 0.6) is 0 Å². The molecule has 1 saturated heterocycles. The minimum atomic E-state index is -0.467. The van der Waals surface area contributed by atoms with E-state index in [4.69, 9.17) is 9.47 Å². The van der Waals surface area contributed by atoms with Crippen molar-refractivity contribution in [3.8, 4) is 0 Å². The molecule has 0 amide bonds. The number of carbonyl (C=O) groups is 1. The van der Waals surface area contributed by atoms with Crippen molar-refractivity contribution in [1.29, 1.82) is 0 Å². The first kappa shape index (κ1) is 12.8. The van der Waals surface area contributed by atoms with E-state index in [0.29, 0.717) is 18.7 Å². The number of esters is 1. The number of carbonyl (C=O) groups excluding carboxylic acids is 1. The minimum absolute atomic E-state index is 0.160. The van der Waals surface area contributed by atoms with Crippen LogP contribution in [-0.2, 0) is 14.3 Å². The van der Waals surface area contributed by atoms with Gasteiger partial charge in [0.05, 0.1) is 18.6 Å². The lowest BCUT2D eigenvalue weighted by molar-refractivity contribution is -0.150. The fourth-order valence-electron chi connectivity index (χ4n) is 2.45. The molecule has 4 nitrogen and oxygen atoms in total. The van der Waals surface area contributed by atoms with E-state index in [9.17, 15) is 4.79 Å². The van der Waals surface area contributed by atoms with Crippen LogP contribution in [0.15, 0.2) is 0 Å². The molecule has 2 unspecified atom stereocenters. The van der Waals surface area contributed by atoms with E-state index < -0.39 is 5.41 Å². The van der Waals surface area contributed by atoms with Crippen LogP contribution in [-0.4, -0.2) is 38.4 Å². The van der Waals surface area contributed by atoms with Crippen molar-refractivity contribution in [1.82, 2.24) is 5.32 Å². The van der Waals surface area contributed by atoms with E-state index in [0.717, 1.165) is 18.9 Å². The molecule has 98 valence electrons. The maximum absolute atomic E-state index is 11.6. The Bertz CT molecular complexity index is 286. The van der Waals surface area contributed by atoms with Gasteiger partial charge in [-0.2, -0.15) is 0 Å². The van der Waals surface area contributed by atoms with E-state index in [-0.39, 0.29) is 5.97 Å². The molecule has 17 heavy (non-hydrogen) atoms. The molecule has 0 aromatic heterocycles. The Morgan fingerprint density at radius 3 is 2.71 bits per heavy atom. The summed E-state index contributed by atoms with van der Waals surface area (Å²) in [4.78, 5) is 11.6. The van der Waals surface area contributed by atoms with Crippen molar-refractivity contribution in [2.24, 2.45) is 11.3 Å². The van der Waals surface area contributed by atoms with Crippen LogP contribution in [0.1, 0.15) is 33.1 Å². The summed E-state index contributed by atoms with van der Waals surface area (Å²) < 4.78 is 10.6. The summed E-state index contributed by atoms with van der Waals surface area (Å²) in [6.07, 6.45) is 4.01. The highest BCUT2D eigenvalue weighted by Crippen LogP contribution is 2.38. The first-order valence-electron chi connectivity index (χ1n) is 6.48. The lowest BCUT2D eigenvalue weighted by atomic mass is 9.92. The summed E-state index contributed by atoms with van der Waals surface area (Å²) in [7, 11) is 1.44. The zero-order valence-electron chi connectivity index (χ0n) is 11.0. The van der Waals surface area contributed by atoms with Crippen molar-refractivity contribution in [2.45, 2.75) is 45.3 Å². The number of methoxy groups -OCH3 is 1. The third-order valence-electron chi connectivity index (χ3n) is 3.77. The maximum atomic E-state index is 11.6. The van der Waals surface area contributed by atoms with Crippen LogP contribution >= 0.6 is 0 Å². The first-order chi connectivity index (χ1) is 8.04. The molecule has 1 aliphatic carbocycles. The highest BCUT2D eigenvalue weighted by atomic mass is 16.5. The molecule has 0 aromatic rings. The molecule has 2 rings (SSSR count). The Balaban J connectivity index is 1.82. The molecule has 1 N–H and O–H groups in total. The van der Waals surface area contributed by atoms with E-state index in [1.807, 2.05) is 13.8 Å². The summed E-state index contributed by atoms with van der Waals surface area (Å²) in [5.41, 5.74) is -0.467. The molecule has 1 saturated carbocycles. The smallest absolute Gasteiger partial charge is 0.312 e. The van der Waals surface area contributed by atoms with Crippen molar-refractivity contribution in [3.63, 3.8) is 0 Å². The molecule has 1 aliphatic heterocycles. The Labute approximate surface area is 103 Å². The van der Waals surface area contributed by atoms with Crippen LogP contribution in [0.3, 0.4) is 0 Å². The van der Waals surface area contributed by atoms with E-state index >= 15 is 0 Å². The van der Waals surface area contributed by atoms with Gasteiger partial charge in [0.2, 0.25) is 0 Å². The average molecular weight is 241 g/mol. The van der Waals surface area contributed by atoms with Gasteiger partial charge in [0.25, 0.3) is 0 Å². The van der Waals surface area contributed by atoms with Gasteiger partial charge >= 0.3 is 5.97 Å². The highest BCUT2D eigenvalue weighted by molar-refractivity contribution is 5.76. The minimum Gasteiger partial charge on any atom is -0.469 e. The number of nitrogens with one attached hydrogen (secondary N) is 1. The van der Waals surface area contributed by atoms with Gasteiger partial charge in [-0.25, -0.2) is 0 Å². The molecule has 0 spiro atoms. The zero-order valence-corrected chi connectivity index (χ0v) is 11.0. The number of ether oxygens (including phenoxy) is 2. The van der Waals surface area contributed by atoms with Crippen molar-refractivity contribution < 1.29 is 14.3 Å². The predicted molar refractivity (Wildman–Crippen MR) is 64.7 cm³/mol. The summed E-state index contributed by atoms with van der Waals surface area (Å²) in [5, 5.41) is 3.48. The molecule has 0 radical (unpaired) electrons. The summed E-state index contributed by atoms with van der Waals surface area (Å²) in [5.74, 6) is 0.586. The number of rotatable bonds is 5. The molecular formula is C13H23NO3. The maximum Gasteiger partial charge on any atom is 0.312 e. The normalized spacial score (nSPS) is 29.4. The predicted octanol–water partition coefficient (Wildman–Crippen LogP) is 1.34. The van der Waals surface area contributed by atoms with Gasteiger partial charge in [-0.05, 0) is 39.0 Å². The Morgan fingerprint density at radius 2 is 2.12 bits per heavy atom. The van der Waals surface area contributed by atoms with Gasteiger partial charge in [0.15, 0.2) is 0 Å². The number of hydrogen-bond acceptors (Lipinski definition) is 4. The summed E-state index contributed by atoms with van der Waals surface area (Å²) in [6.45, 7) is 5.32. The molecule has 0 aromatic carbocycles. The van der Waals surface area contributed by atoms with Gasteiger partial charge in [0.1, 0.15) is 0 Å². The molecule has 2 atom stereocenters. The van der Waals surface area contributed by atoms with Crippen LogP contribution in [0.2, 0.25) is 0 Å². The largest absolute Gasteiger partial charge is 0.469 e. The van der Waals surface area contributed by atoms with Crippen LogP contribution in [0, 0.1) is 11.3 Å². The van der Waals surface area contributed by atoms with Gasteiger partial charge in [-0.15, -0.1) is 0 Å². The third-order valence-corrected chi connectivity index (χ3v) is 3.77. The van der Waals surface area contributed by atoms with Crippen LogP contribution in [0.25, 0.3) is 0 Å². The molecule has 1 heterocycles. The fraction of sp³-hybridized carbons (Fsp3) is 0.923. The second-order valence-corrected chi connectivity index (χ2v) is 5.82. The topological polar surface area (TPSA) is 47.6 Å². The first-order valence-corrected chi connectivity index (χ1v) is 6.48. The van der Waals surface area contributed by atoms with Gasteiger partial charge in [-0.3, -0.25) is 4.79 Å². The lowest BCUT2D eigenvalue weighted by Gasteiger charge is -2.26. The van der Waals surface area contributed by atoms with Gasteiger partial charge in [0, 0.05) is 19.2 Å². The van der Waals surface area contributed by atoms with Gasteiger partial charge < -0.3 is 14.8 Å². The Kier molecular flexibility index (Phi) is 3.73. The Hall–Kier alpha value is -0.610. The average Bonchev–Trinajstić information content (AvgIpc) is 3.04. The lowest BCUT2D eigenvalue weighted by Crippen LogP contribution is -2.45. The van der Waals surface area contributed by atoms with Crippen LogP contribution in [0.4, 0.5) is 0 Å². The fourth-order valence-corrected chi connectivity index (χ4v) is 2.45. The molecule has 0 bridgehead atoms. The van der Waals surface area contributed by atoms with E-state index in [2.05, 4.69) is 5.32 Å². The zero-order chi connectivity index (χ0) is 12.5. The monoisotopic (exact) mass is 241 g/mol. The summed E-state index contributed by atoms with van der Waals surface area (Å²) in [6, 6.07) is 0.409. The van der Waals surface area contributed by atoms with Crippen molar-refractivity contribution in [2.75, 3.05) is 20.3 Å². The molecule has 4 heteroatoms. The Morgan fingerprint density at radius 1 is 1.41 bits per heavy atom. The summed E-state index contributed by atoms with van der Waals surface area (Å²) >= 11 is 0. The number of hydrogen-bond donors (Lipinski definition) is 1. The highest BCUT2D eigenvalue weighted by Gasteiger charge is 2.41. The second-order valence-electron chi connectivity index (χ2n) is 5.82. The van der Waals surface area contributed by atoms with Gasteiger partial charge in [-0.1, -0.05) is 0 Å². The standard InChI is InChI=1S/C13H23NO3/c1-13(2,12(15)16-3)8-14-10-6-7-17-11(10)9-4-5-9/h9-11,14H,4-8H2,1-3H3. The molecule has 2 aliphatic rings. The van der Waals surface area contributed by atoms with E-state index in [1.54, 1.807) is 0 Å². The molecular weight excluding hydrogens is 218 g/mol. The molecule has 2 fully saturated rings. The second kappa shape index (κ2) is 4.94. The quantitative estimate of drug-likeness (QED) is 0.738. The van der Waals surface area contributed by atoms with Crippen molar-refractivity contribution >= 4 is 5.97 Å². The SMILES string of the molecule is COC(=O)C(C)(C)CNC1CCOC1C1CC1. The van der Waals surface area contributed by atoms with E-state index in [1.165, 1.54) is 20.0 Å². The third kappa shape index (κ3) is 2.99.